The fraction of sp³-hybridized carbons (Fsp3) is 0.819. The summed E-state index contributed by atoms with van der Waals surface area (Å²) in [5.41, 5.74) is 0. The van der Waals surface area contributed by atoms with Gasteiger partial charge in [0.25, 0.3) is 0 Å². The molecule has 0 N–H and O–H groups in total. The Balaban J connectivity index is 4.34. The number of unbranched alkanes of at least 4 members (excludes halogenated alkanes) is 42. The second-order valence-corrected chi connectivity index (χ2v) is 23.1. The number of esters is 3. The zero-order valence-corrected chi connectivity index (χ0v) is 52.2. The predicted molar refractivity (Wildman–Crippen MR) is 339 cm³/mol. The van der Waals surface area contributed by atoms with Crippen molar-refractivity contribution in [2.75, 3.05) is 13.2 Å². The molecule has 0 aliphatic carbocycles. The topological polar surface area (TPSA) is 78.9 Å². The Labute approximate surface area is 485 Å². The molecule has 0 bridgehead atoms. The highest BCUT2D eigenvalue weighted by Gasteiger charge is 2.19. The molecule has 0 radical (unpaired) electrons. The lowest BCUT2D eigenvalue weighted by Crippen LogP contribution is -2.30. The van der Waals surface area contributed by atoms with Crippen molar-refractivity contribution in [1.82, 2.24) is 0 Å². The molecule has 1 atom stereocenters. The van der Waals surface area contributed by atoms with Crippen molar-refractivity contribution in [3.8, 4) is 0 Å². The van der Waals surface area contributed by atoms with Crippen LogP contribution in [0.1, 0.15) is 361 Å². The monoisotopic (exact) mass is 1090 g/mol. The van der Waals surface area contributed by atoms with E-state index in [1.807, 2.05) is 0 Å². The van der Waals surface area contributed by atoms with Crippen LogP contribution >= 0.6 is 0 Å². The summed E-state index contributed by atoms with van der Waals surface area (Å²) in [6.07, 6.45) is 85.2. The molecule has 0 aromatic carbocycles. The highest BCUT2D eigenvalue weighted by Crippen LogP contribution is 2.18. The van der Waals surface area contributed by atoms with Gasteiger partial charge in [0, 0.05) is 19.3 Å². The van der Waals surface area contributed by atoms with Crippen LogP contribution < -0.4 is 0 Å². The molecule has 1 unspecified atom stereocenters. The first kappa shape index (κ1) is 75.1. The van der Waals surface area contributed by atoms with Gasteiger partial charge < -0.3 is 14.2 Å². The molecule has 0 fully saturated rings. The smallest absolute Gasteiger partial charge is 0.306 e. The Morgan fingerprint density at radius 3 is 0.795 bits per heavy atom. The summed E-state index contributed by atoms with van der Waals surface area (Å²) in [6.45, 7) is 6.57. The maximum absolute atomic E-state index is 12.9. The predicted octanol–water partition coefficient (Wildman–Crippen LogP) is 23.5. The van der Waals surface area contributed by atoms with E-state index >= 15 is 0 Å². The Morgan fingerprint density at radius 2 is 0.500 bits per heavy atom. The minimum atomic E-state index is -0.784. The van der Waals surface area contributed by atoms with Crippen LogP contribution in [0.2, 0.25) is 0 Å². The Morgan fingerprint density at radius 1 is 0.269 bits per heavy atom. The fourth-order valence-electron chi connectivity index (χ4n) is 10.1. The molecule has 0 spiro atoms. The van der Waals surface area contributed by atoms with Gasteiger partial charge in [-0.2, -0.15) is 0 Å². The maximum atomic E-state index is 12.9. The molecule has 0 saturated carbocycles. The van der Waals surface area contributed by atoms with Crippen molar-refractivity contribution in [2.24, 2.45) is 0 Å². The van der Waals surface area contributed by atoms with E-state index in [1.165, 1.54) is 225 Å². The number of allylic oxidation sites excluding steroid dienone is 10. The molecular formula is C72H130O6. The minimum Gasteiger partial charge on any atom is -0.462 e. The lowest BCUT2D eigenvalue weighted by molar-refractivity contribution is -0.167. The first-order valence-corrected chi connectivity index (χ1v) is 34.3. The lowest BCUT2D eigenvalue weighted by atomic mass is 10.0. The third-order valence-corrected chi connectivity index (χ3v) is 15.3. The molecule has 0 aromatic rings. The van der Waals surface area contributed by atoms with E-state index in [0.717, 1.165) is 96.3 Å². The maximum Gasteiger partial charge on any atom is 0.306 e. The van der Waals surface area contributed by atoms with Crippen molar-refractivity contribution in [3.63, 3.8) is 0 Å². The highest BCUT2D eigenvalue weighted by atomic mass is 16.6. The summed E-state index contributed by atoms with van der Waals surface area (Å²) in [6, 6.07) is 0. The number of ether oxygens (including phenoxy) is 3. The normalized spacial score (nSPS) is 12.4. The van der Waals surface area contributed by atoms with Gasteiger partial charge in [0.15, 0.2) is 6.10 Å². The lowest BCUT2D eigenvalue weighted by Gasteiger charge is -2.18. The van der Waals surface area contributed by atoms with Gasteiger partial charge in [0.05, 0.1) is 0 Å². The number of hydrogen-bond donors (Lipinski definition) is 0. The molecule has 0 aliphatic heterocycles. The molecule has 0 aromatic heterocycles. The summed E-state index contributed by atoms with van der Waals surface area (Å²) >= 11 is 0. The third kappa shape index (κ3) is 63.9. The number of carbonyl (C=O) groups is 3. The Bertz CT molecular complexity index is 1390. The average Bonchev–Trinajstić information content (AvgIpc) is 3.44. The van der Waals surface area contributed by atoms with Gasteiger partial charge in [-0.05, 0) is 83.5 Å². The molecule has 6 nitrogen and oxygen atoms in total. The van der Waals surface area contributed by atoms with E-state index in [2.05, 4.69) is 81.5 Å². The average molecular weight is 1090 g/mol. The van der Waals surface area contributed by atoms with Crippen LogP contribution in [0.5, 0.6) is 0 Å². The van der Waals surface area contributed by atoms with E-state index in [-0.39, 0.29) is 31.1 Å². The molecule has 454 valence electrons. The molecule has 0 rings (SSSR count). The van der Waals surface area contributed by atoms with Crippen LogP contribution in [-0.4, -0.2) is 37.2 Å². The molecule has 6 heteroatoms. The first-order chi connectivity index (χ1) is 38.5. The van der Waals surface area contributed by atoms with Crippen LogP contribution in [0, 0.1) is 0 Å². The summed E-state index contributed by atoms with van der Waals surface area (Å²) < 4.78 is 17.0. The molecular weight excluding hydrogens is 961 g/mol. The number of rotatable bonds is 63. The summed E-state index contributed by atoms with van der Waals surface area (Å²) in [5, 5.41) is 0. The van der Waals surface area contributed by atoms with E-state index in [4.69, 9.17) is 14.2 Å². The van der Waals surface area contributed by atoms with E-state index in [0.29, 0.717) is 19.3 Å². The zero-order chi connectivity index (χ0) is 56.4. The molecule has 0 heterocycles. The Kier molecular flexibility index (Phi) is 64.2. The third-order valence-electron chi connectivity index (χ3n) is 15.3. The number of carbonyl (C=O) groups excluding carboxylic acids is 3. The van der Waals surface area contributed by atoms with Crippen molar-refractivity contribution in [1.29, 1.82) is 0 Å². The molecule has 0 saturated heterocycles. The van der Waals surface area contributed by atoms with Gasteiger partial charge in [-0.25, -0.2) is 0 Å². The zero-order valence-electron chi connectivity index (χ0n) is 52.2. The second kappa shape index (κ2) is 66.6. The molecule has 78 heavy (non-hydrogen) atoms. The van der Waals surface area contributed by atoms with E-state index in [9.17, 15) is 14.4 Å². The van der Waals surface area contributed by atoms with Crippen molar-refractivity contribution in [2.45, 2.75) is 367 Å². The van der Waals surface area contributed by atoms with Gasteiger partial charge >= 0.3 is 17.9 Å². The first-order valence-electron chi connectivity index (χ1n) is 34.3. The van der Waals surface area contributed by atoms with Crippen LogP contribution in [0.4, 0.5) is 0 Å². The molecule has 0 amide bonds. The standard InChI is InChI=1S/C72H130O6/c1-4-7-10-13-16-19-22-25-28-31-33-35-36-37-39-41-44-47-50-53-56-59-62-65-71(74)77-68-69(67-76-70(73)64-61-58-55-52-49-46-43-40-30-27-24-21-18-15-12-9-6-3)78-72(75)66-63-60-57-54-51-48-45-42-38-34-32-29-26-23-20-17-14-11-8-5-2/h9,12,18,21,27,30-31,33,43,46,69H,4-8,10-11,13-17,19-20,22-26,28-29,32,34-42,44-45,47-68H2,1-3H3/b12-9-,21-18-,30-27-,33-31-,46-43-. The van der Waals surface area contributed by atoms with Crippen LogP contribution in [-0.2, 0) is 28.6 Å². The van der Waals surface area contributed by atoms with Crippen molar-refractivity contribution < 1.29 is 28.6 Å². The van der Waals surface area contributed by atoms with Gasteiger partial charge in [-0.15, -0.1) is 0 Å². The van der Waals surface area contributed by atoms with Crippen molar-refractivity contribution >= 4 is 17.9 Å². The number of hydrogen-bond acceptors (Lipinski definition) is 6. The Hall–Kier alpha value is -2.89. The van der Waals surface area contributed by atoms with Crippen LogP contribution in [0.15, 0.2) is 60.8 Å². The second-order valence-electron chi connectivity index (χ2n) is 23.1. The van der Waals surface area contributed by atoms with Gasteiger partial charge in [-0.1, -0.05) is 319 Å². The van der Waals surface area contributed by atoms with E-state index in [1.54, 1.807) is 0 Å². The van der Waals surface area contributed by atoms with Crippen LogP contribution in [0.3, 0.4) is 0 Å². The SMILES string of the molecule is CC/C=C\C/C=C\C/C=C\C/C=C\CCCCCCC(=O)OCC(COC(=O)CCCCCCCCCCCCC/C=C\CCCCCCCCCC)OC(=O)CCCCCCCCCCCCCCCCCCCCCC. The van der Waals surface area contributed by atoms with Gasteiger partial charge in [0.2, 0.25) is 0 Å². The fourth-order valence-corrected chi connectivity index (χ4v) is 10.1. The quantitative estimate of drug-likeness (QED) is 0.0261. The minimum absolute atomic E-state index is 0.0789. The summed E-state index contributed by atoms with van der Waals surface area (Å²) in [4.78, 5) is 38.4. The van der Waals surface area contributed by atoms with Crippen LogP contribution in [0.25, 0.3) is 0 Å². The summed E-state index contributed by atoms with van der Waals surface area (Å²) in [7, 11) is 0. The molecule has 0 aliphatic rings. The van der Waals surface area contributed by atoms with Gasteiger partial charge in [0.1, 0.15) is 13.2 Å². The van der Waals surface area contributed by atoms with E-state index < -0.39 is 6.10 Å². The largest absolute Gasteiger partial charge is 0.462 e. The van der Waals surface area contributed by atoms with Gasteiger partial charge in [-0.3, -0.25) is 14.4 Å². The summed E-state index contributed by atoms with van der Waals surface area (Å²) in [5.74, 6) is -0.881. The highest BCUT2D eigenvalue weighted by molar-refractivity contribution is 5.71. The van der Waals surface area contributed by atoms with Crippen molar-refractivity contribution in [3.05, 3.63) is 60.8 Å².